The Morgan fingerprint density at radius 2 is 1.72 bits per heavy atom. The summed E-state index contributed by atoms with van der Waals surface area (Å²) in [5.41, 5.74) is 0.196. The first-order valence-electron chi connectivity index (χ1n) is 10.1. The molecule has 4 rings (SSSR count). The van der Waals surface area contributed by atoms with Gasteiger partial charge < -0.3 is 5.32 Å². The molecule has 1 aromatic carbocycles. The van der Waals surface area contributed by atoms with Gasteiger partial charge in [-0.3, -0.25) is 33.8 Å². The topological polar surface area (TPSA) is 104 Å². The molecule has 3 aliphatic rings. The SMILES string of the molecule is O=C(CN1C(=O)C2CC=CCC2C1=O)NCCN1C(=O)S/C(=C\c2ccccc2F)C1=O. The summed E-state index contributed by atoms with van der Waals surface area (Å²) in [6, 6.07) is 5.90. The number of hydrogen-bond acceptors (Lipinski definition) is 6. The molecular formula is C22H20FN3O5S. The first-order valence-corrected chi connectivity index (χ1v) is 11.0. The standard InChI is InChI=1S/C22H20FN3O5S/c23-16-8-4-1-5-13(16)11-17-21(30)25(22(31)32-17)10-9-24-18(27)12-26-19(28)14-6-2-3-7-15(14)20(26)29/h1-5,8,11,14-15H,6-7,9-10,12H2,(H,24,27)/b17-11-. The maximum Gasteiger partial charge on any atom is 0.293 e. The van der Waals surface area contributed by atoms with Crippen LogP contribution in [0.5, 0.6) is 0 Å². The number of fused-ring (bicyclic) bond motifs is 1. The van der Waals surface area contributed by atoms with Crippen molar-refractivity contribution in [1.82, 2.24) is 15.1 Å². The Labute approximate surface area is 187 Å². The molecule has 2 unspecified atom stereocenters. The van der Waals surface area contributed by atoms with Crippen LogP contribution in [0.1, 0.15) is 18.4 Å². The highest BCUT2D eigenvalue weighted by Crippen LogP contribution is 2.35. The van der Waals surface area contributed by atoms with Crippen molar-refractivity contribution in [2.24, 2.45) is 11.8 Å². The molecule has 0 spiro atoms. The average Bonchev–Trinajstić information content (AvgIpc) is 3.18. The highest BCUT2D eigenvalue weighted by atomic mass is 32.2. The average molecular weight is 457 g/mol. The van der Waals surface area contributed by atoms with Crippen molar-refractivity contribution in [3.05, 3.63) is 52.7 Å². The van der Waals surface area contributed by atoms with Crippen LogP contribution in [0.3, 0.4) is 0 Å². The third-order valence-corrected chi connectivity index (χ3v) is 6.53. The fourth-order valence-electron chi connectivity index (χ4n) is 3.96. The minimum atomic E-state index is -0.570. The van der Waals surface area contributed by atoms with Crippen LogP contribution in [0.4, 0.5) is 9.18 Å². The predicted octanol–water partition coefficient (Wildman–Crippen LogP) is 1.93. The van der Waals surface area contributed by atoms with Gasteiger partial charge in [-0.2, -0.15) is 0 Å². The van der Waals surface area contributed by atoms with E-state index in [1.807, 2.05) is 12.2 Å². The molecule has 2 saturated heterocycles. The zero-order valence-electron chi connectivity index (χ0n) is 17.0. The number of halogens is 1. The Hall–Kier alpha value is -3.27. The molecule has 1 aliphatic carbocycles. The Morgan fingerprint density at radius 3 is 2.38 bits per heavy atom. The van der Waals surface area contributed by atoms with Crippen LogP contribution in [-0.4, -0.2) is 58.3 Å². The number of thioether (sulfide) groups is 1. The molecule has 0 aromatic heterocycles. The quantitative estimate of drug-likeness (QED) is 0.398. The molecule has 0 saturated carbocycles. The second-order valence-corrected chi connectivity index (χ2v) is 8.62. The third-order valence-electron chi connectivity index (χ3n) is 5.62. The van der Waals surface area contributed by atoms with Crippen molar-refractivity contribution in [3.63, 3.8) is 0 Å². The minimum Gasteiger partial charge on any atom is -0.353 e. The number of rotatable bonds is 6. The molecule has 8 nitrogen and oxygen atoms in total. The number of carbonyl (C=O) groups is 5. The fraction of sp³-hybridized carbons (Fsp3) is 0.318. The molecule has 2 fully saturated rings. The van der Waals surface area contributed by atoms with Gasteiger partial charge in [0.25, 0.3) is 11.1 Å². The van der Waals surface area contributed by atoms with Crippen molar-refractivity contribution < 1.29 is 28.4 Å². The Morgan fingerprint density at radius 1 is 1.06 bits per heavy atom. The Balaban J connectivity index is 1.30. The molecule has 5 amide bonds. The van der Waals surface area contributed by atoms with Gasteiger partial charge in [-0.1, -0.05) is 30.4 Å². The Kier molecular flexibility index (Phi) is 6.22. The van der Waals surface area contributed by atoms with Crippen LogP contribution in [0.2, 0.25) is 0 Å². The number of nitrogens with one attached hydrogen (secondary N) is 1. The number of hydrogen-bond donors (Lipinski definition) is 1. The van der Waals surface area contributed by atoms with E-state index in [9.17, 15) is 28.4 Å². The zero-order valence-corrected chi connectivity index (χ0v) is 17.8. The smallest absolute Gasteiger partial charge is 0.293 e. The number of amides is 5. The lowest BCUT2D eigenvalue weighted by Crippen LogP contribution is -2.43. The van der Waals surface area contributed by atoms with E-state index in [0.29, 0.717) is 24.6 Å². The maximum atomic E-state index is 13.8. The fourth-order valence-corrected chi connectivity index (χ4v) is 4.81. The minimum absolute atomic E-state index is 0.0332. The van der Waals surface area contributed by atoms with Gasteiger partial charge in [0.05, 0.1) is 16.7 Å². The number of benzene rings is 1. The van der Waals surface area contributed by atoms with E-state index in [2.05, 4.69) is 5.32 Å². The summed E-state index contributed by atoms with van der Waals surface area (Å²) in [5.74, 6) is -3.12. The molecule has 1 aromatic rings. The van der Waals surface area contributed by atoms with E-state index in [4.69, 9.17) is 0 Å². The van der Waals surface area contributed by atoms with Crippen molar-refractivity contribution in [2.45, 2.75) is 12.8 Å². The van der Waals surface area contributed by atoms with Crippen LogP contribution in [0, 0.1) is 17.7 Å². The lowest BCUT2D eigenvalue weighted by atomic mass is 9.85. The van der Waals surface area contributed by atoms with Gasteiger partial charge in [0, 0.05) is 18.7 Å². The summed E-state index contributed by atoms with van der Waals surface area (Å²) < 4.78 is 13.8. The van der Waals surface area contributed by atoms with Crippen LogP contribution in [-0.2, 0) is 19.2 Å². The van der Waals surface area contributed by atoms with Gasteiger partial charge in [0.1, 0.15) is 12.4 Å². The summed E-state index contributed by atoms with van der Waals surface area (Å²) >= 11 is 0.698. The number of nitrogens with zero attached hydrogens (tertiary/aromatic N) is 2. The molecule has 32 heavy (non-hydrogen) atoms. The number of likely N-dealkylation sites (tertiary alicyclic amines) is 1. The van der Waals surface area contributed by atoms with Crippen molar-refractivity contribution in [2.75, 3.05) is 19.6 Å². The van der Waals surface area contributed by atoms with E-state index >= 15 is 0 Å². The maximum absolute atomic E-state index is 13.8. The van der Waals surface area contributed by atoms with Gasteiger partial charge in [0.15, 0.2) is 0 Å². The number of allylic oxidation sites excluding steroid dienone is 2. The molecule has 2 aliphatic heterocycles. The van der Waals surface area contributed by atoms with Gasteiger partial charge >= 0.3 is 0 Å². The summed E-state index contributed by atoms with van der Waals surface area (Å²) in [4.78, 5) is 63.8. The third kappa shape index (κ3) is 4.22. The molecule has 1 N–H and O–H groups in total. The van der Waals surface area contributed by atoms with Crippen molar-refractivity contribution >= 4 is 46.7 Å². The Bertz CT molecular complexity index is 1040. The van der Waals surface area contributed by atoms with Crippen LogP contribution in [0.25, 0.3) is 6.08 Å². The molecule has 0 bridgehead atoms. The second kappa shape index (κ2) is 9.07. The molecule has 2 heterocycles. The largest absolute Gasteiger partial charge is 0.353 e. The zero-order chi connectivity index (χ0) is 22.8. The number of carbonyl (C=O) groups excluding carboxylic acids is 5. The molecular weight excluding hydrogens is 437 g/mol. The van der Waals surface area contributed by atoms with Crippen LogP contribution < -0.4 is 5.32 Å². The monoisotopic (exact) mass is 457 g/mol. The number of imide groups is 2. The van der Waals surface area contributed by atoms with E-state index in [1.165, 1.54) is 24.3 Å². The van der Waals surface area contributed by atoms with E-state index < -0.39 is 34.7 Å². The van der Waals surface area contributed by atoms with E-state index in [0.717, 1.165) is 9.80 Å². The molecule has 2 atom stereocenters. The normalized spacial score (nSPS) is 24.0. The van der Waals surface area contributed by atoms with Gasteiger partial charge in [0.2, 0.25) is 17.7 Å². The summed E-state index contributed by atoms with van der Waals surface area (Å²) in [7, 11) is 0. The van der Waals surface area contributed by atoms with Gasteiger partial charge in [-0.05, 0) is 36.7 Å². The highest BCUT2D eigenvalue weighted by Gasteiger charge is 2.47. The molecule has 166 valence electrons. The summed E-state index contributed by atoms with van der Waals surface area (Å²) in [5, 5.41) is 2.02. The predicted molar refractivity (Wildman–Crippen MR) is 114 cm³/mol. The lowest BCUT2D eigenvalue weighted by molar-refractivity contribution is -0.143. The summed E-state index contributed by atoms with van der Waals surface area (Å²) in [6.45, 7) is -0.504. The first-order chi connectivity index (χ1) is 15.4. The summed E-state index contributed by atoms with van der Waals surface area (Å²) in [6.07, 6.45) is 6.04. The van der Waals surface area contributed by atoms with Crippen molar-refractivity contribution in [3.8, 4) is 0 Å². The van der Waals surface area contributed by atoms with Crippen molar-refractivity contribution in [1.29, 1.82) is 0 Å². The van der Waals surface area contributed by atoms with Crippen LogP contribution >= 0.6 is 11.8 Å². The van der Waals surface area contributed by atoms with Gasteiger partial charge in [-0.25, -0.2) is 4.39 Å². The van der Waals surface area contributed by atoms with Crippen LogP contribution in [0.15, 0.2) is 41.3 Å². The van der Waals surface area contributed by atoms with E-state index in [-0.39, 0.29) is 41.9 Å². The molecule has 0 radical (unpaired) electrons. The van der Waals surface area contributed by atoms with E-state index in [1.54, 1.807) is 6.07 Å². The van der Waals surface area contributed by atoms with Gasteiger partial charge in [-0.15, -0.1) is 0 Å². The first kappa shape index (κ1) is 21.9. The highest BCUT2D eigenvalue weighted by molar-refractivity contribution is 8.18. The molecule has 10 heteroatoms. The second-order valence-electron chi connectivity index (χ2n) is 7.62. The lowest BCUT2D eigenvalue weighted by Gasteiger charge is -2.16.